The van der Waals surface area contributed by atoms with Crippen molar-refractivity contribution >= 4 is 11.9 Å². The summed E-state index contributed by atoms with van der Waals surface area (Å²) >= 11 is 0. The molecule has 4 heteroatoms. The first-order valence-corrected chi connectivity index (χ1v) is 8.27. The van der Waals surface area contributed by atoms with Gasteiger partial charge in [0.1, 0.15) is 6.04 Å². The second-order valence-electron chi connectivity index (χ2n) is 6.11. The first-order chi connectivity index (χ1) is 11.6. The van der Waals surface area contributed by atoms with Crippen LogP contribution in [0.25, 0.3) is 0 Å². The molecule has 0 N–H and O–H groups in total. The van der Waals surface area contributed by atoms with Gasteiger partial charge in [-0.3, -0.25) is 4.79 Å². The minimum Gasteiger partial charge on any atom is -0.467 e. The molecule has 2 rings (SSSR count). The number of hydrogen-bond acceptors (Lipinski definition) is 3. The van der Waals surface area contributed by atoms with Crippen molar-refractivity contribution in [1.82, 2.24) is 4.90 Å². The average molecular weight is 327 g/mol. The summed E-state index contributed by atoms with van der Waals surface area (Å²) in [6.07, 6.45) is 5.71. The molecule has 1 aromatic rings. The maximum Gasteiger partial charge on any atom is 0.328 e. The number of esters is 1. The van der Waals surface area contributed by atoms with Crippen LogP contribution in [0.15, 0.2) is 55.6 Å². The Bertz CT molecular complexity index is 596. The summed E-state index contributed by atoms with van der Waals surface area (Å²) in [4.78, 5) is 26.5. The van der Waals surface area contributed by atoms with E-state index in [4.69, 9.17) is 4.74 Å². The molecule has 1 heterocycles. The summed E-state index contributed by atoms with van der Waals surface area (Å²) in [6, 6.07) is 9.58. The Morgan fingerprint density at radius 2 is 1.96 bits per heavy atom. The number of carbonyl (C=O) groups is 2. The van der Waals surface area contributed by atoms with Gasteiger partial charge in [0.05, 0.1) is 7.11 Å². The molecule has 0 aromatic heterocycles. The van der Waals surface area contributed by atoms with Gasteiger partial charge in [-0.25, -0.2) is 4.79 Å². The van der Waals surface area contributed by atoms with Crippen molar-refractivity contribution < 1.29 is 14.3 Å². The second kappa shape index (κ2) is 8.48. The van der Waals surface area contributed by atoms with Crippen LogP contribution in [0.5, 0.6) is 0 Å². The fourth-order valence-electron chi connectivity index (χ4n) is 3.56. The van der Waals surface area contributed by atoms with Crippen LogP contribution in [0.4, 0.5) is 0 Å². The molecular weight excluding hydrogens is 302 g/mol. The average Bonchev–Trinajstić information content (AvgIpc) is 2.94. The molecule has 0 radical (unpaired) electrons. The van der Waals surface area contributed by atoms with Crippen molar-refractivity contribution in [3.8, 4) is 0 Å². The fourth-order valence-corrected chi connectivity index (χ4v) is 3.56. The van der Waals surface area contributed by atoms with Crippen molar-refractivity contribution in [2.75, 3.05) is 7.11 Å². The molecule has 0 unspecified atom stereocenters. The molecule has 1 saturated heterocycles. The Balaban J connectivity index is 2.29. The van der Waals surface area contributed by atoms with E-state index in [-0.39, 0.29) is 30.3 Å². The van der Waals surface area contributed by atoms with Crippen LogP contribution in [0, 0.1) is 5.92 Å². The third-order valence-corrected chi connectivity index (χ3v) is 4.59. The lowest BCUT2D eigenvalue weighted by Gasteiger charge is -2.30. The standard InChI is InChI=1S/C20H25NO3/c1-4-9-17-16(13-15-11-7-6-8-12-15)14-18(20(23)24-3)21(17)19(22)10-5-2/h4-8,11-12,16-18H,1-2,9-10,13-14H2,3H3/t16-,17+,18+/m1/s1. The molecule has 0 bridgehead atoms. The number of amides is 1. The smallest absolute Gasteiger partial charge is 0.328 e. The molecule has 0 saturated carbocycles. The van der Waals surface area contributed by atoms with E-state index in [1.807, 2.05) is 24.3 Å². The highest BCUT2D eigenvalue weighted by Crippen LogP contribution is 2.35. The van der Waals surface area contributed by atoms with Crippen LogP contribution in [-0.2, 0) is 20.7 Å². The first-order valence-electron chi connectivity index (χ1n) is 8.27. The van der Waals surface area contributed by atoms with Crippen molar-refractivity contribution in [3.63, 3.8) is 0 Å². The van der Waals surface area contributed by atoms with Gasteiger partial charge < -0.3 is 9.64 Å². The van der Waals surface area contributed by atoms with E-state index in [0.29, 0.717) is 12.8 Å². The highest BCUT2D eigenvalue weighted by Gasteiger charge is 2.46. The Morgan fingerprint density at radius 1 is 1.25 bits per heavy atom. The zero-order chi connectivity index (χ0) is 17.5. The van der Waals surface area contributed by atoms with Crippen LogP contribution < -0.4 is 0 Å². The summed E-state index contributed by atoms with van der Waals surface area (Å²) in [5.41, 5.74) is 1.21. The van der Waals surface area contributed by atoms with Crippen LogP contribution in [0.1, 0.15) is 24.8 Å². The van der Waals surface area contributed by atoms with Gasteiger partial charge in [0.15, 0.2) is 0 Å². The lowest BCUT2D eigenvalue weighted by molar-refractivity contribution is -0.152. The van der Waals surface area contributed by atoms with E-state index < -0.39 is 6.04 Å². The number of benzene rings is 1. The van der Waals surface area contributed by atoms with Gasteiger partial charge >= 0.3 is 5.97 Å². The minimum absolute atomic E-state index is 0.0424. The zero-order valence-corrected chi connectivity index (χ0v) is 14.2. The Labute approximate surface area is 143 Å². The van der Waals surface area contributed by atoms with Gasteiger partial charge in [0.2, 0.25) is 5.91 Å². The SMILES string of the molecule is C=CCC(=O)N1[C@H](C(=O)OC)C[C@@H](Cc2ccccc2)[C@@H]1CC=C. The summed E-state index contributed by atoms with van der Waals surface area (Å²) in [5.74, 6) is -0.233. The molecule has 128 valence electrons. The van der Waals surface area contributed by atoms with Gasteiger partial charge in [-0.2, -0.15) is 0 Å². The molecule has 0 aliphatic carbocycles. The third kappa shape index (κ3) is 3.94. The van der Waals surface area contributed by atoms with E-state index in [1.54, 1.807) is 11.0 Å². The van der Waals surface area contributed by atoms with Gasteiger partial charge in [-0.1, -0.05) is 42.5 Å². The van der Waals surface area contributed by atoms with E-state index in [0.717, 1.165) is 6.42 Å². The van der Waals surface area contributed by atoms with Crippen LogP contribution in [-0.4, -0.2) is 36.0 Å². The summed E-state index contributed by atoms with van der Waals surface area (Å²) < 4.78 is 4.93. The molecule has 3 atom stereocenters. The van der Waals surface area contributed by atoms with Gasteiger partial charge in [0, 0.05) is 12.5 Å². The minimum atomic E-state index is -0.527. The molecule has 0 spiro atoms. The Morgan fingerprint density at radius 3 is 2.54 bits per heavy atom. The zero-order valence-electron chi connectivity index (χ0n) is 14.2. The number of nitrogens with zero attached hydrogens (tertiary/aromatic N) is 1. The van der Waals surface area contributed by atoms with Crippen LogP contribution in [0.2, 0.25) is 0 Å². The Hall–Kier alpha value is -2.36. The number of rotatable bonds is 7. The van der Waals surface area contributed by atoms with E-state index in [9.17, 15) is 9.59 Å². The lowest BCUT2D eigenvalue weighted by atomic mass is 9.90. The highest BCUT2D eigenvalue weighted by atomic mass is 16.5. The topological polar surface area (TPSA) is 46.6 Å². The largest absolute Gasteiger partial charge is 0.467 e. The number of likely N-dealkylation sites (tertiary alicyclic amines) is 1. The number of ether oxygens (including phenoxy) is 1. The maximum atomic E-state index is 12.6. The molecule has 1 fully saturated rings. The highest BCUT2D eigenvalue weighted by molar-refractivity contribution is 5.86. The molecular formula is C20H25NO3. The van der Waals surface area contributed by atoms with Gasteiger partial charge in [-0.15, -0.1) is 13.2 Å². The molecule has 1 aromatic carbocycles. The summed E-state index contributed by atoms with van der Waals surface area (Å²) in [7, 11) is 1.37. The van der Waals surface area contributed by atoms with Gasteiger partial charge in [-0.05, 0) is 30.7 Å². The first kappa shape index (κ1) is 18.0. The second-order valence-corrected chi connectivity index (χ2v) is 6.11. The summed E-state index contributed by atoms with van der Waals surface area (Å²) in [6.45, 7) is 7.46. The molecule has 1 amide bonds. The maximum absolute atomic E-state index is 12.6. The van der Waals surface area contributed by atoms with Crippen molar-refractivity contribution in [2.24, 2.45) is 5.92 Å². The van der Waals surface area contributed by atoms with Gasteiger partial charge in [0.25, 0.3) is 0 Å². The monoisotopic (exact) mass is 327 g/mol. The quantitative estimate of drug-likeness (QED) is 0.571. The number of hydrogen-bond donors (Lipinski definition) is 0. The molecule has 1 aliphatic rings. The Kier molecular flexibility index (Phi) is 6.36. The van der Waals surface area contributed by atoms with E-state index in [1.165, 1.54) is 12.7 Å². The number of carbonyl (C=O) groups excluding carboxylic acids is 2. The lowest BCUT2D eigenvalue weighted by Crippen LogP contribution is -2.45. The van der Waals surface area contributed by atoms with E-state index in [2.05, 4.69) is 25.3 Å². The third-order valence-electron chi connectivity index (χ3n) is 4.59. The van der Waals surface area contributed by atoms with Crippen molar-refractivity contribution in [2.45, 2.75) is 37.8 Å². The molecule has 24 heavy (non-hydrogen) atoms. The van der Waals surface area contributed by atoms with Crippen molar-refractivity contribution in [1.29, 1.82) is 0 Å². The normalized spacial score (nSPS) is 22.9. The summed E-state index contributed by atoms with van der Waals surface area (Å²) in [5, 5.41) is 0. The predicted octanol–water partition coefficient (Wildman–Crippen LogP) is 3.14. The number of methoxy groups -OCH3 is 1. The van der Waals surface area contributed by atoms with Crippen LogP contribution in [0.3, 0.4) is 0 Å². The fraction of sp³-hybridized carbons (Fsp3) is 0.400. The molecule has 4 nitrogen and oxygen atoms in total. The van der Waals surface area contributed by atoms with Crippen LogP contribution >= 0.6 is 0 Å². The van der Waals surface area contributed by atoms with E-state index >= 15 is 0 Å². The van der Waals surface area contributed by atoms with Crippen molar-refractivity contribution in [3.05, 3.63) is 61.2 Å². The predicted molar refractivity (Wildman–Crippen MR) is 94.3 cm³/mol. The molecule has 1 aliphatic heterocycles.